The van der Waals surface area contributed by atoms with Crippen LogP contribution >= 0.6 is 0 Å². The van der Waals surface area contributed by atoms with Crippen LogP contribution in [0.1, 0.15) is 21.5 Å². The molecule has 0 aliphatic rings. The summed E-state index contributed by atoms with van der Waals surface area (Å²) < 4.78 is 60.8. The average Bonchev–Trinajstić information content (AvgIpc) is 2.45. The van der Waals surface area contributed by atoms with Crippen molar-refractivity contribution < 1.29 is 26.4 Å². The van der Waals surface area contributed by atoms with E-state index in [1.807, 2.05) is 0 Å². The fraction of sp³-hybridized carbons (Fsp3) is 0.133. The van der Waals surface area contributed by atoms with E-state index in [2.05, 4.69) is 5.32 Å². The Labute approximate surface area is 136 Å². The first kappa shape index (κ1) is 18.0. The number of amides is 1. The number of rotatable bonds is 3. The van der Waals surface area contributed by atoms with E-state index in [9.17, 15) is 26.4 Å². The number of alkyl halides is 3. The fourth-order valence-electron chi connectivity index (χ4n) is 1.99. The Morgan fingerprint density at radius 1 is 1.12 bits per heavy atom. The van der Waals surface area contributed by atoms with Crippen LogP contribution in [0.4, 0.5) is 18.9 Å². The molecule has 24 heavy (non-hydrogen) atoms. The molecule has 0 saturated carbocycles. The van der Waals surface area contributed by atoms with Crippen molar-refractivity contribution in [3.8, 4) is 0 Å². The number of sulfonamides is 1. The molecule has 0 unspecified atom stereocenters. The highest BCUT2D eigenvalue weighted by atomic mass is 32.2. The summed E-state index contributed by atoms with van der Waals surface area (Å²) in [5, 5.41) is 7.33. The van der Waals surface area contributed by atoms with Crippen LogP contribution in [0, 0.1) is 6.92 Å². The third kappa shape index (κ3) is 4.12. The highest BCUT2D eigenvalue weighted by molar-refractivity contribution is 7.89. The molecular weight excluding hydrogens is 345 g/mol. The highest BCUT2D eigenvalue weighted by Crippen LogP contribution is 2.30. The van der Waals surface area contributed by atoms with Gasteiger partial charge in [0.15, 0.2) is 0 Å². The third-order valence-corrected chi connectivity index (χ3v) is 4.14. The van der Waals surface area contributed by atoms with Crippen molar-refractivity contribution >= 4 is 21.6 Å². The van der Waals surface area contributed by atoms with E-state index < -0.39 is 27.7 Å². The molecule has 9 heteroatoms. The molecule has 0 radical (unpaired) electrons. The normalized spacial score (nSPS) is 12.0. The molecule has 2 aromatic carbocycles. The van der Waals surface area contributed by atoms with Crippen LogP contribution < -0.4 is 10.5 Å². The van der Waals surface area contributed by atoms with Crippen molar-refractivity contribution in [3.63, 3.8) is 0 Å². The Hall–Kier alpha value is -2.39. The summed E-state index contributed by atoms with van der Waals surface area (Å²) in [6.45, 7) is 1.56. The Morgan fingerprint density at radius 3 is 2.38 bits per heavy atom. The Balaban J connectivity index is 2.34. The SMILES string of the molecule is Cc1ccc(S(N)(=O)=O)cc1C(=O)Nc1cccc(C(F)(F)F)c1. The van der Waals surface area contributed by atoms with Crippen molar-refractivity contribution in [2.24, 2.45) is 5.14 Å². The second-order valence-electron chi connectivity index (χ2n) is 5.05. The highest BCUT2D eigenvalue weighted by Gasteiger charge is 2.30. The first-order valence-electron chi connectivity index (χ1n) is 6.60. The number of aryl methyl sites for hydroxylation is 1. The largest absolute Gasteiger partial charge is 0.416 e. The lowest BCUT2D eigenvalue weighted by molar-refractivity contribution is -0.137. The van der Waals surface area contributed by atoms with Crippen molar-refractivity contribution in [2.45, 2.75) is 18.0 Å². The molecule has 0 fully saturated rings. The van der Waals surface area contributed by atoms with Gasteiger partial charge in [-0.3, -0.25) is 4.79 Å². The van der Waals surface area contributed by atoms with Crippen LogP contribution in [-0.4, -0.2) is 14.3 Å². The third-order valence-electron chi connectivity index (χ3n) is 3.23. The van der Waals surface area contributed by atoms with Crippen molar-refractivity contribution in [1.82, 2.24) is 0 Å². The van der Waals surface area contributed by atoms with Gasteiger partial charge in [0.05, 0.1) is 10.5 Å². The number of anilines is 1. The van der Waals surface area contributed by atoms with Crippen LogP contribution in [0.25, 0.3) is 0 Å². The number of nitrogens with one attached hydrogen (secondary N) is 1. The summed E-state index contributed by atoms with van der Waals surface area (Å²) in [4.78, 5) is 12.0. The minimum Gasteiger partial charge on any atom is -0.322 e. The maximum atomic E-state index is 12.7. The van der Waals surface area contributed by atoms with E-state index in [4.69, 9.17) is 5.14 Å². The number of nitrogens with two attached hydrogens (primary N) is 1. The van der Waals surface area contributed by atoms with Crippen molar-refractivity contribution in [3.05, 3.63) is 59.2 Å². The monoisotopic (exact) mass is 358 g/mol. The zero-order valence-corrected chi connectivity index (χ0v) is 13.2. The quantitative estimate of drug-likeness (QED) is 0.884. The molecule has 0 bridgehead atoms. The summed E-state index contributed by atoms with van der Waals surface area (Å²) in [5.41, 5.74) is -0.517. The minimum atomic E-state index is -4.54. The molecule has 2 rings (SSSR count). The van der Waals surface area contributed by atoms with Gasteiger partial charge in [0.25, 0.3) is 5.91 Å². The first-order chi connectivity index (χ1) is 11.0. The lowest BCUT2D eigenvalue weighted by atomic mass is 10.1. The number of carbonyl (C=O) groups excluding carboxylic acids is 1. The maximum Gasteiger partial charge on any atom is 0.416 e. The van der Waals surface area contributed by atoms with Gasteiger partial charge < -0.3 is 5.32 Å². The molecule has 0 aliphatic heterocycles. The molecular formula is C15H13F3N2O3S. The number of primary sulfonamides is 1. The van der Waals surface area contributed by atoms with E-state index >= 15 is 0 Å². The molecule has 0 atom stereocenters. The van der Waals surface area contributed by atoms with E-state index in [1.54, 1.807) is 6.92 Å². The summed E-state index contributed by atoms with van der Waals surface area (Å²) in [6, 6.07) is 7.83. The van der Waals surface area contributed by atoms with Gasteiger partial charge in [0.2, 0.25) is 10.0 Å². The molecule has 0 aromatic heterocycles. The topological polar surface area (TPSA) is 89.3 Å². The maximum absolute atomic E-state index is 12.7. The Kier molecular flexibility index (Phi) is 4.68. The smallest absolute Gasteiger partial charge is 0.322 e. The van der Waals surface area contributed by atoms with Gasteiger partial charge in [-0.2, -0.15) is 13.2 Å². The van der Waals surface area contributed by atoms with Gasteiger partial charge >= 0.3 is 6.18 Å². The van der Waals surface area contributed by atoms with E-state index in [0.29, 0.717) is 5.56 Å². The molecule has 2 aromatic rings. The number of hydrogen-bond donors (Lipinski definition) is 2. The van der Waals surface area contributed by atoms with E-state index in [-0.39, 0.29) is 16.1 Å². The van der Waals surface area contributed by atoms with Gasteiger partial charge in [-0.25, -0.2) is 13.6 Å². The number of carbonyl (C=O) groups is 1. The van der Waals surface area contributed by atoms with Crippen molar-refractivity contribution in [2.75, 3.05) is 5.32 Å². The van der Waals surface area contributed by atoms with Gasteiger partial charge in [-0.15, -0.1) is 0 Å². The molecule has 1 amide bonds. The lowest BCUT2D eigenvalue weighted by Crippen LogP contribution is -2.17. The standard InChI is InChI=1S/C15H13F3N2O3S/c1-9-5-6-12(24(19,22)23)8-13(9)14(21)20-11-4-2-3-10(7-11)15(16,17)18/h2-8H,1H3,(H,20,21)(H2,19,22,23). The number of benzene rings is 2. The van der Waals surface area contributed by atoms with Crippen LogP contribution in [0.15, 0.2) is 47.4 Å². The molecule has 0 spiro atoms. The molecule has 0 saturated heterocycles. The molecule has 5 nitrogen and oxygen atoms in total. The predicted octanol–water partition coefficient (Wildman–Crippen LogP) is 2.91. The molecule has 0 heterocycles. The Bertz CT molecular complexity index is 893. The molecule has 3 N–H and O–H groups in total. The second-order valence-corrected chi connectivity index (χ2v) is 6.62. The zero-order chi connectivity index (χ0) is 18.1. The lowest BCUT2D eigenvalue weighted by Gasteiger charge is -2.11. The van der Waals surface area contributed by atoms with Crippen LogP contribution in [0.5, 0.6) is 0 Å². The molecule has 128 valence electrons. The van der Waals surface area contributed by atoms with Crippen LogP contribution in [-0.2, 0) is 16.2 Å². The van der Waals surface area contributed by atoms with Crippen LogP contribution in [0.2, 0.25) is 0 Å². The average molecular weight is 358 g/mol. The molecule has 0 aliphatic carbocycles. The zero-order valence-electron chi connectivity index (χ0n) is 12.4. The predicted molar refractivity (Wildman–Crippen MR) is 81.9 cm³/mol. The van der Waals surface area contributed by atoms with Crippen LogP contribution in [0.3, 0.4) is 0 Å². The number of halogens is 3. The van der Waals surface area contributed by atoms with Gasteiger partial charge in [-0.05, 0) is 42.8 Å². The summed E-state index contributed by atoms with van der Waals surface area (Å²) in [5.74, 6) is -0.739. The number of hydrogen-bond acceptors (Lipinski definition) is 3. The summed E-state index contributed by atoms with van der Waals surface area (Å²) in [6.07, 6.45) is -4.54. The fourth-order valence-corrected chi connectivity index (χ4v) is 2.53. The van der Waals surface area contributed by atoms with Crippen molar-refractivity contribution in [1.29, 1.82) is 0 Å². The second kappa shape index (κ2) is 6.25. The van der Waals surface area contributed by atoms with E-state index in [0.717, 1.165) is 24.3 Å². The van der Waals surface area contributed by atoms with Gasteiger partial charge in [-0.1, -0.05) is 12.1 Å². The summed E-state index contributed by atoms with van der Waals surface area (Å²) in [7, 11) is -4.00. The van der Waals surface area contributed by atoms with Gasteiger partial charge in [0, 0.05) is 11.3 Å². The summed E-state index contributed by atoms with van der Waals surface area (Å²) >= 11 is 0. The first-order valence-corrected chi connectivity index (χ1v) is 8.15. The van der Waals surface area contributed by atoms with Gasteiger partial charge in [0.1, 0.15) is 0 Å². The van der Waals surface area contributed by atoms with E-state index in [1.165, 1.54) is 18.2 Å². The minimum absolute atomic E-state index is 0.000985. The Morgan fingerprint density at radius 2 is 1.79 bits per heavy atom.